The molecule has 11 heteroatoms. The Morgan fingerprint density at radius 2 is 2.07 bits per heavy atom. The van der Waals surface area contributed by atoms with Gasteiger partial charge in [0.15, 0.2) is 0 Å². The van der Waals surface area contributed by atoms with Crippen molar-refractivity contribution in [1.29, 1.82) is 0 Å². The van der Waals surface area contributed by atoms with Crippen molar-refractivity contribution in [1.82, 2.24) is 19.4 Å². The van der Waals surface area contributed by atoms with E-state index >= 15 is 0 Å². The average Bonchev–Trinajstić information content (AvgIpc) is 3.38. The number of aromatic nitrogens is 2. The molecule has 1 aliphatic carbocycles. The number of thiophene rings is 1. The van der Waals surface area contributed by atoms with Crippen molar-refractivity contribution < 1.29 is 14.3 Å². The third-order valence-electron chi connectivity index (χ3n) is 5.44. The van der Waals surface area contributed by atoms with E-state index in [-0.39, 0.29) is 17.3 Å². The Kier molecular flexibility index (Phi) is 5.65. The Labute approximate surface area is 176 Å². The molecule has 4 rings (SSSR count). The fourth-order valence-corrected chi connectivity index (χ4v) is 5.02. The molecule has 162 valence electrons. The number of guanidine groups is 1. The highest BCUT2D eigenvalue weighted by molar-refractivity contribution is 7.18. The molecule has 2 aromatic rings. The number of ether oxygens (including phenoxy) is 2. The predicted octanol–water partition coefficient (Wildman–Crippen LogP) is 1.04. The Bertz CT molecular complexity index is 1130. The second-order valence-electron chi connectivity index (χ2n) is 7.42. The zero-order chi connectivity index (χ0) is 21.4. The van der Waals surface area contributed by atoms with Crippen molar-refractivity contribution >= 4 is 33.6 Å². The number of methoxy groups -OCH3 is 2. The van der Waals surface area contributed by atoms with Gasteiger partial charge >= 0.3 is 11.8 Å². The maximum absolute atomic E-state index is 13.2. The monoisotopic (exact) mass is 435 g/mol. The molecule has 1 saturated heterocycles. The van der Waals surface area contributed by atoms with Gasteiger partial charge in [-0.05, 0) is 25.3 Å². The lowest BCUT2D eigenvalue weighted by molar-refractivity contribution is 0.182. The molecule has 2 aliphatic rings. The van der Waals surface area contributed by atoms with Gasteiger partial charge in [-0.15, -0.1) is 16.3 Å². The molecule has 0 radical (unpaired) electrons. The number of aliphatic imine (C=N–C) groups is 1. The third kappa shape index (κ3) is 3.63. The van der Waals surface area contributed by atoms with E-state index in [0.29, 0.717) is 49.0 Å². The lowest BCUT2D eigenvalue weighted by Gasteiger charge is -2.16. The van der Waals surface area contributed by atoms with Crippen LogP contribution in [0.15, 0.2) is 14.6 Å². The first-order chi connectivity index (χ1) is 14.5. The first kappa shape index (κ1) is 20.6. The highest BCUT2D eigenvalue weighted by Crippen LogP contribution is 2.34. The molecule has 2 fully saturated rings. The number of hydrogen-bond acceptors (Lipinski definition) is 6. The van der Waals surface area contributed by atoms with Crippen molar-refractivity contribution in [2.45, 2.75) is 38.9 Å². The van der Waals surface area contributed by atoms with Crippen LogP contribution in [0.1, 0.15) is 29.3 Å². The molecule has 1 aliphatic heterocycles. The van der Waals surface area contributed by atoms with Crippen LogP contribution in [0.4, 0.5) is 4.79 Å². The van der Waals surface area contributed by atoms with Gasteiger partial charge in [0.1, 0.15) is 4.83 Å². The molecule has 0 unspecified atom stereocenters. The van der Waals surface area contributed by atoms with Crippen molar-refractivity contribution in [3.63, 3.8) is 0 Å². The molecule has 1 amide bonds. The fourth-order valence-electron chi connectivity index (χ4n) is 3.69. The fraction of sp³-hybridized carbons (Fsp3) is 0.579. The summed E-state index contributed by atoms with van der Waals surface area (Å²) < 4.78 is 12.9. The van der Waals surface area contributed by atoms with Crippen LogP contribution >= 0.6 is 11.3 Å². The molecule has 1 N–H and O–H groups in total. The summed E-state index contributed by atoms with van der Waals surface area (Å²) >= 11 is 1.44. The smallest absolute Gasteiger partial charge is 0.436 e. The Morgan fingerprint density at radius 1 is 1.30 bits per heavy atom. The number of nitrogens with one attached hydrogen (secondary N) is 1. The van der Waals surface area contributed by atoms with E-state index in [1.807, 2.05) is 11.8 Å². The molecule has 0 bridgehead atoms. The molecule has 2 aromatic heterocycles. The van der Waals surface area contributed by atoms with Crippen LogP contribution in [0.2, 0.25) is 0 Å². The zero-order valence-electron chi connectivity index (χ0n) is 17.3. The van der Waals surface area contributed by atoms with Crippen LogP contribution in [0.3, 0.4) is 0 Å². The summed E-state index contributed by atoms with van der Waals surface area (Å²) in [6.45, 7) is 4.50. The maximum Gasteiger partial charge on any atom is 0.436 e. The number of carbonyl (C=O) groups is 1. The number of fused-ring (bicyclic) bond motifs is 1. The lowest BCUT2D eigenvalue weighted by Crippen LogP contribution is -2.39. The normalized spacial score (nSPS) is 17.7. The van der Waals surface area contributed by atoms with Crippen molar-refractivity contribution in [2.24, 2.45) is 4.99 Å². The Morgan fingerprint density at radius 3 is 2.73 bits per heavy atom. The Balaban J connectivity index is 1.79. The third-order valence-corrected chi connectivity index (χ3v) is 6.74. The van der Waals surface area contributed by atoms with Crippen molar-refractivity contribution in [3.05, 3.63) is 31.3 Å². The van der Waals surface area contributed by atoms with Gasteiger partial charge in [-0.2, -0.15) is 0 Å². The highest BCUT2D eigenvalue weighted by atomic mass is 32.1. The van der Waals surface area contributed by atoms with Crippen molar-refractivity contribution in [2.75, 3.05) is 33.9 Å². The first-order valence-electron chi connectivity index (χ1n) is 9.88. The quantitative estimate of drug-likeness (QED) is 0.722. The minimum Gasteiger partial charge on any atom is -0.451 e. The van der Waals surface area contributed by atoms with E-state index in [4.69, 9.17) is 4.74 Å². The SMILES string of the molecule is COCCn1c(=O)n(C2CC2)c(=O)c2c(C)c(CN3CCN/C3=N\C(=O)OC)sc21. The van der Waals surface area contributed by atoms with E-state index in [2.05, 4.69) is 15.0 Å². The summed E-state index contributed by atoms with van der Waals surface area (Å²) in [6.07, 6.45) is 1.04. The molecule has 0 atom stereocenters. The molecular formula is C19H25N5O5S. The summed E-state index contributed by atoms with van der Waals surface area (Å²) in [7, 11) is 2.87. The van der Waals surface area contributed by atoms with E-state index in [1.54, 1.807) is 11.7 Å². The first-order valence-corrected chi connectivity index (χ1v) is 10.7. The zero-order valence-corrected chi connectivity index (χ0v) is 18.1. The molecule has 1 saturated carbocycles. The summed E-state index contributed by atoms with van der Waals surface area (Å²) in [6, 6.07) is -0.00693. The molecule has 10 nitrogen and oxygen atoms in total. The number of hydrogen-bond donors (Lipinski definition) is 1. The van der Waals surface area contributed by atoms with E-state index in [0.717, 1.165) is 23.3 Å². The van der Waals surface area contributed by atoms with Gasteiger partial charge in [0.25, 0.3) is 5.56 Å². The summed E-state index contributed by atoms with van der Waals surface area (Å²) in [5, 5.41) is 3.67. The van der Waals surface area contributed by atoms with Crippen LogP contribution < -0.4 is 16.6 Å². The van der Waals surface area contributed by atoms with E-state index < -0.39 is 6.09 Å². The number of nitrogens with zero attached hydrogens (tertiary/aromatic N) is 4. The van der Waals surface area contributed by atoms with Gasteiger partial charge in [0.05, 0.1) is 32.2 Å². The van der Waals surface area contributed by atoms with Gasteiger partial charge in [-0.3, -0.25) is 13.9 Å². The summed E-state index contributed by atoms with van der Waals surface area (Å²) in [5.74, 6) is 0.450. The lowest BCUT2D eigenvalue weighted by atomic mass is 10.2. The maximum atomic E-state index is 13.2. The molecule has 0 spiro atoms. The van der Waals surface area contributed by atoms with Gasteiger partial charge in [0, 0.05) is 31.1 Å². The largest absolute Gasteiger partial charge is 0.451 e. The number of rotatable bonds is 6. The minimum absolute atomic E-state index is 0.00693. The van der Waals surface area contributed by atoms with Crippen LogP contribution in [-0.4, -0.2) is 60.0 Å². The van der Waals surface area contributed by atoms with Crippen molar-refractivity contribution in [3.8, 4) is 0 Å². The molecular weight excluding hydrogens is 410 g/mol. The minimum atomic E-state index is -0.668. The van der Waals surface area contributed by atoms with Crippen LogP contribution in [-0.2, 0) is 22.6 Å². The predicted molar refractivity (Wildman–Crippen MR) is 113 cm³/mol. The number of aryl methyl sites for hydroxylation is 1. The van der Waals surface area contributed by atoms with Gasteiger partial charge in [-0.25, -0.2) is 9.59 Å². The summed E-state index contributed by atoms with van der Waals surface area (Å²) in [4.78, 5) is 45.3. The van der Waals surface area contributed by atoms with Crippen LogP contribution in [0, 0.1) is 6.92 Å². The second kappa shape index (κ2) is 8.23. The molecule has 30 heavy (non-hydrogen) atoms. The van der Waals surface area contributed by atoms with Gasteiger partial charge < -0.3 is 19.7 Å². The number of carbonyl (C=O) groups excluding carboxylic acids is 1. The second-order valence-corrected chi connectivity index (χ2v) is 8.50. The highest BCUT2D eigenvalue weighted by Gasteiger charge is 2.31. The van der Waals surface area contributed by atoms with E-state index in [9.17, 15) is 14.4 Å². The van der Waals surface area contributed by atoms with Crippen LogP contribution in [0.25, 0.3) is 10.2 Å². The topological polar surface area (TPSA) is 107 Å². The average molecular weight is 436 g/mol. The van der Waals surface area contributed by atoms with E-state index in [1.165, 1.54) is 23.0 Å². The molecule has 0 aromatic carbocycles. The van der Waals surface area contributed by atoms with Crippen LogP contribution in [0.5, 0.6) is 0 Å². The molecule has 3 heterocycles. The standard InChI is InChI=1S/C19H25N5O5S/c1-11-13(10-22-7-6-20-17(22)21-18(26)29-3)30-16-14(11)15(25)24(12-4-5-12)19(27)23(16)8-9-28-2/h12H,4-10H2,1-3H3,(H,20,21,26). The Hall–Kier alpha value is -2.66. The van der Waals surface area contributed by atoms with Gasteiger partial charge in [0.2, 0.25) is 5.96 Å². The number of amides is 1. The van der Waals surface area contributed by atoms with Gasteiger partial charge in [-0.1, -0.05) is 0 Å². The summed E-state index contributed by atoms with van der Waals surface area (Å²) in [5.41, 5.74) is 0.384.